The number of benzene rings is 2. The normalized spacial score (nSPS) is 15.3. The van der Waals surface area contributed by atoms with Crippen LogP contribution in [0.25, 0.3) is 0 Å². The molecule has 0 saturated carbocycles. The first-order valence-corrected chi connectivity index (χ1v) is 10.2. The molecule has 0 aliphatic carbocycles. The van der Waals surface area contributed by atoms with Gasteiger partial charge in [-0.25, -0.2) is 4.79 Å². The van der Waals surface area contributed by atoms with Crippen molar-refractivity contribution in [3.63, 3.8) is 0 Å². The lowest BCUT2D eigenvalue weighted by atomic mass is 10.2. The number of nitrogens with one attached hydrogen (secondary N) is 1. The van der Waals surface area contributed by atoms with Crippen molar-refractivity contribution in [2.75, 3.05) is 26.2 Å². The fourth-order valence-corrected chi connectivity index (χ4v) is 4.27. The van der Waals surface area contributed by atoms with Crippen LogP contribution in [0.4, 0.5) is 4.79 Å². The Morgan fingerprint density at radius 1 is 0.963 bits per heavy atom. The predicted molar refractivity (Wildman–Crippen MR) is 102 cm³/mol. The molecule has 1 amide bonds. The summed E-state index contributed by atoms with van der Waals surface area (Å²) < 4.78 is 33.6. The molecule has 3 rings (SSSR count). The van der Waals surface area contributed by atoms with Gasteiger partial charge in [-0.1, -0.05) is 60.7 Å². The van der Waals surface area contributed by atoms with Crippen molar-refractivity contribution in [2.45, 2.75) is 13.2 Å². The van der Waals surface area contributed by atoms with Crippen LogP contribution in [0.5, 0.6) is 0 Å². The van der Waals surface area contributed by atoms with Gasteiger partial charge in [0.15, 0.2) is 0 Å². The van der Waals surface area contributed by atoms with Gasteiger partial charge in [-0.3, -0.25) is 0 Å². The standard InChI is InChI=1S/C19H23N3O4S/c23-19(26-16-18-9-5-2-6-10-18)22(15-17-7-3-1-4-8-17)27(24,25)21-13-11-20-12-14-21/h1-10,20H,11-16H2. The first-order valence-electron chi connectivity index (χ1n) is 8.80. The van der Waals surface area contributed by atoms with Gasteiger partial charge >= 0.3 is 16.3 Å². The van der Waals surface area contributed by atoms with E-state index in [0.717, 1.165) is 9.87 Å². The second-order valence-electron chi connectivity index (χ2n) is 6.19. The van der Waals surface area contributed by atoms with Crippen LogP contribution < -0.4 is 5.32 Å². The van der Waals surface area contributed by atoms with Gasteiger partial charge in [0.1, 0.15) is 6.61 Å². The van der Waals surface area contributed by atoms with Crippen molar-refractivity contribution in [2.24, 2.45) is 0 Å². The largest absolute Gasteiger partial charge is 0.444 e. The molecule has 0 spiro atoms. The molecule has 2 aromatic rings. The Labute approximate surface area is 159 Å². The Kier molecular flexibility index (Phi) is 6.44. The Morgan fingerprint density at radius 2 is 1.52 bits per heavy atom. The summed E-state index contributed by atoms with van der Waals surface area (Å²) in [5.74, 6) is 0. The zero-order valence-electron chi connectivity index (χ0n) is 15.0. The molecule has 0 atom stereocenters. The topological polar surface area (TPSA) is 79.0 Å². The summed E-state index contributed by atoms with van der Waals surface area (Å²) in [6.45, 7) is 1.69. The maximum atomic E-state index is 13.1. The third-order valence-corrected chi connectivity index (χ3v) is 6.11. The second kappa shape index (κ2) is 8.98. The molecule has 144 valence electrons. The van der Waals surface area contributed by atoms with Crippen LogP contribution >= 0.6 is 0 Å². The van der Waals surface area contributed by atoms with E-state index in [2.05, 4.69) is 5.32 Å². The monoisotopic (exact) mass is 389 g/mol. The first-order chi connectivity index (χ1) is 13.1. The Hall–Kier alpha value is -2.42. The van der Waals surface area contributed by atoms with Crippen LogP contribution in [0.1, 0.15) is 11.1 Å². The smallest absolute Gasteiger partial charge is 0.425 e. The van der Waals surface area contributed by atoms with E-state index in [9.17, 15) is 13.2 Å². The number of carbonyl (C=O) groups is 1. The Balaban J connectivity index is 1.79. The van der Waals surface area contributed by atoms with E-state index in [0.29, 0.717) is 31.7 Å². The van der Waals surface area contributed by atoms with Crippen molar-refractivity contribution < 1.29 is 17.9 Å². The number of ether oxygens (including phenoxy) is 1. The van der Waals surface area contributed by atoms with Crippen LogP contribution in [0.3, 0.4) is 0 Å². The van der Waals surface area contributed by atoms with E-state index in [-0.39, 0.29) is 13.2 Å². The Bertz CT molecular complexity index is 838. The zero-order valence-corrected chi connectivity index (χ0v) is 15.8. The van der Waals surface area contributed by atoms with Gasteiger partial charge in [-0.05, 0) is 11.1 Å². The van der Waals surface area contributed by atoms with E-state index in [1.807, 2.05) is 36.4 Å². The summed E-state index contributed by atoms with van der Waals surface area (Å²) >= 11 is 0. The number of hydrogen-bond acceptors (Lipinski definition) is 5. The summed E-state index contributed by atoms with van der Waals surface area (Å²) in [4.78, 5) is 12.7. The highest BCUT2D eigenvalue weighted by Gasteiger charge is 2.35. The quantitative estimate of drug-likeness (QED) is 0.817. The van der Waals surface area contributed by atoms with Gasteiger partial charge in [0.2, 0.25) is 0 Å². The van der Waals surface area contributed by atoms with Gasteiger partial charge in [0, 0.05) is 26.2 Å². The highest BCUT2D eigenvalue weighted by Crippen LogP contribution is 2.17. The molecule has 8 heteroatoms. The lowest BCUT2D eigenvalue weighted by Gasteiger charge is -2.32. The highest BCUT2D eigenvalue weighted by atomic mass is 32.2. The zero-order chi connectivity index (χ0) is 19.1. The Morgan fingerprint density at radius 3 is 2.11 bits per heavy atom. The molecule has 1 fully saturated rings. The van der Waals surface area contributed by atoms with Crippen LogP contribution in [-0.4, -0.2) is 49.3 Å². The maximum Gasteiger partial charge on any atom is 0.425 e. The van der Waals surface area contributed by atoms with E-state index >= 15 is 0 Å². The third kappa shape index (κ3) is 5.06. The molecule has 1 heterocycles. The van der Waals surface area contributed by atoms with Crippen molar-refractivity contribution in [3.8, 4) is 0 Å². The SMILES string of the molecule is O=C(OCc1ccccc1)N(Cc1ccccc1)S(=O)(=O)N1CCNCC1. The molecule has 0 aromatic heterocycles. The van der Waals surface area contributed by atoms with E-state index in [1.165, 1.54) is 4.31 Å². The minimum atomic E-state index is -3.97. The maximum absolute atomic E-state index is 13.1. The van der Waals surface area contributed by atoms with Crippen molar-refractivity contribution in [1.29, 1.82) is 0 Å². The average Bonchev–Trinajstić information content (AvgIpc) is 2.72. The van der Waals surface area contributed by atoms with Gasteiger partial charge in [-0.2, -0.15) is 17.0 Å². The van der Waals surface area contributed by atoms with E-state index in [1.54, 1.807) is 24.3 Å². The number of nitrogens with zero attached hydrogens (tertiary/aromatic N) is 2. The van der Waals surface area contributed by atoms with Crippen LogP contribution in [0.15, 0.2) is 60.7 Å². The number of hydrogen-bond donors (Lipinski definition) is 1. The summed E-state index contributed by atoms with van der Waals surface area (Å²) in [7, 11) is -3.97. The minimum absolute atomic E-state index is 0.0159. The number of rotatable bonds is 6. The van der Waals surface area contributed by atoms with Gasteiger partial charge in [-0.15, -0.1) is 0 Å². The molecule has 7 nitrogen and oxygen atoms in total. The summed E-state index contributed by atoms with van der Waals surface area (Å²) in [6, 6.07) is 18.2. The molecule has 27 heavy (non-hydrogen) atoms. The molecule has 1 aliphatic heterocycles. The van der Waals surface area contributed by atoms with Crippen molar-refractivity contribution in [3.05, 3.63) is 71.8 Å². The molecule has 1 aliphatic rings. The van der Waals surface area contributed by atoms with Gasteiger partial charge < -0.3 is 10.1 Å². The van der Waals surface area contributed by atoms with Crippen molar-refractivity contribution in [1.82, 2.24) is 13.9 Å². The van der Waals surface area contributed by atoms with Crippen molar-refractivity contribution >= 4 is 16.3 Å². The lowest BCUT2D eigenvalue weighted by molar-refractivity contribution is 0.115. The minimum Gasteiger partial charge on any atom is -0.444 e. The molecule has 1 N–H and O–H groups in total. The fourth-order valence-electron chi connectivity index (χ4n) is 2.80. The lowest BCUT2D eigenvalue weighted by Crippen LogP contribution is -2.53. The molecular weight excluding hydrogens is 366 g/mol. The fraction of sp³-hybridized carbons (Fsp3) is 0.316. The molecule has 0 unspecified atom stereocenters. The average molecular weight is 389 g/mol. The molecule has 0 bridgehead atoms. The van der Waals surface area contributed by atoms with Crippen LogP contribution in [0, 0.1) is 0 Å². The van der Waals surface area contributed by atoms with Gasteiger partial charge in [0.25, 0.3) is 0 Å². The van der Waals surface area contributed by atoms with Gasteiger partial charge in [0.05, 0.1) is 6.54 Å². The second-order valence-corrected chi connectivity index (χ2v) is 8.04. The molecular formula is C19H23N3O4S. The predicted octanol–water partition coefficient (Wildman–Crippen LogP) is 1.98. The molecule has 0 radical (unpaired) electrons. The third-order valence-electron chi connectivity index (χ3n) is 4.26. The summed E-state index contributed by atoms with van der Waals surface area (Å²) in [5, 5.41) is 3.11. The first kappa shape index (κ1) is 19.3. The van der Waals surface area contributed by atoms with E-state index < -0.39 is 16.3 Å². The number of amides is 1. The summed E-state index contributed by atoms with van der Waals surface area (Å²) in [5.41, 5.74) is 1.51. The van der Waals surface area contributed by atoms with E-state index in [4.69, 9.17) is 4.74 Å². The highest BCUT2D eigenvalue weighted by molar-refractivity contribution is 7.87. The molecule has 2 aromatic carbocycles. The van der Waals surface area contributed by atoms with Crippen LogP contribution in [-0.2, 0) is 28.1 Å². The van der Waals surface area contributed by atoms with Crippen LogP contribution in [0.2, 0.25) is 0 Å². The molecule has 1 saturated heterocycles. The summed E-state index contributed by atoms with van der Waals surface area (Å²) in [6.07, 6.45) is -0.874. The number of carbonyl (C=O) groups excluding carboxylic acids is 1. The number of piperazine rings is 1.